The van der Waals surface area contributed by atoms with Crippen molar-refractivity contribution in [3.05, 3.63) is 123 Å². The van der Waals surface area contributed by atoms with Gasteiger partial charge in [0.2, 0.25) is 11.8 Å². The maximum atomic E-state index is 14.3. The Morgan fingerprint density at radius 2 is 1.48 bits per heavy atom. The molecule has 0 spiro atoms. The highest BCUT2D eigenvalue weighted by atomic mass is 35.5. The molecule has 0 aliphatic rings. The zero-order chi connectivity index (χ0) is 31.9. The summed E-state index contributed by atoms with van der Waals surface area (Å²) in [6.45, 7) is -0.688. The second-order valence-corrected chi connectivity index (χ2v) is 12.8. The molecule has 2 amide bonds. The number of sulfonamides is 1. The molecule has 0 aliphatic heterocycles. The fourth-order valence-electron chi connectivity index (χ4n) is 4.61. The van der Waals surface area contributed by atoms with Gasteiger partial charge in [-0.2, -0.15) is 0 Å². The second kappa shape index (κ2) is 14.8. The summed E-state index contributed by atoms with van der Waals surface area (Å²) in [6, 6.07) is 25.3. The van der Waals surface area contributed by atoms with Crippen LogP contribution in [0, 0.1) is 0 Å². The minimum Gasteiger partial charge on any atom is -0.495 e. The van der Waals surface area contributed by atoms with Crippen molar-refractivity contribution in [1.82, 2.24) is 10.2 Å². The van der Waals surface area contributed by atoms with Crippen LogP contribution < -0.4 is 14.4 Å². The largest absolute Gasteiger partial charge is 0.495 e. The van der Waals surface area contributed by atoms with Gasteiger partial charge in [0.25, 0.3) is 10.0 Å². The Balaban J connectivity index is 1.81. The molecule has 0 unspecified atom stereocenters. The average molecular weight is 675 g/mol. The number of carbonyl (C=O) groups excluding carboxylic acids is 2. The number of nitrogens with one attached hydrogen (secondary N) is 1. The summed E-state index contributed by atoms with van der Waals surface area (Å²) in [5.74, 6) is -0.720. The zero-order valence-electron chi connectivity index (χ0n) is 23.9. The van der Waals surface area contributed by atoms with Crippen molar-refractivity contribution in [3.63, 3.8) is 0 Å². The number of anilines is 1. The lowest BCUT2D eigenvalue weighted by Gasteiger charge is -2.33. The molecule has 44 heavy (non-hydrogen) atoms. The first-order chi connectivity index (χ1) is 21.0. The number of hydrogen-bond donors (Lipinski definition) is 1. The molecule has 4 aromatic rings. The van der Waals surface area contributed by atoms with E-state index in [1.165, 1.54) is 49.4 Å². The standard InChI is InChI=1S/C32H30Cl3N3O5S/c1-36-32(40)29(18-22-9-5-3-6-10-22)37(20-23-13-15-26(33)27(34)17-23)31(39)21-38(24-14-16-30(43-2)28(35)19-24)44(41,42)25-11-7-4-8-12-25/h3-17,19,29H,18,20-21H2,1-2H3,(H,36,40)/t29-/m0/s1. The Morgan fingerprint density at radius 1 is 0.818 bits per heavy atom. The molecule has 0 saturated carbocycles. The number of benzene rings is 4. The lowest BCUT2D eigenvalue weighted by Crippen LogP contribution is -2.53. The van der Waals surface area contributed by atoms with Gasteiger partial charge in [0, 0.05) is 20.0 Å². The summed E-state index contributed by atoms with van der Waals surface area (Å²) in [6.07, 6.45) is 0.174. The molecule has 0 aliphatic carbocycles. The van der Waals surface area contributed by atoms with E-state index >= 15 is 0 Å². The molecule has 8 nitrogen and oxygen atoms in total. The highest BCUT2D eigenvalue weighted by Gasteiger charge is 2.34. The maximum absolute atomic E-state index is 14.3. The number of halogens is 3. The molecule has 0 aromatic heterocycles. The van der Waals surface area contributed by atoms with Gasteiger partial charge in [-0.05, 0) is 53.6 Å². The van der Waals surface area contributed by atoms with Crippen LogP contribution in [0.4, 0.5) is 5.69 Å². The van der Waals surface area contributed by atoms with E-state index in [1.54, 1.807) is 36.4 Å². The van der Waals surface area contributed by atoms with Crippen molar-refractivity contribution >= 4 is 62.3 Å². The lowest BCUT2D eigenvalue weighted by molar-refractivity contribution is -0.139. The van der Waals surface area contributed by atoms with Crippen molar-refractivity contribution in [2.75, 3.05) is 25.0 Å². The van der Waals surface area contributed by atoms with Crippen molar-refractivity contribution in [3.8, 4) is 5.75 Å². The van der Waals surface area contributed by atoms with E-state index in [4.69, 9.17) is 39.5 Å². The quantitative estimate of drug-likeness (QED) is 0.192. The first-order valence-electron chi connectivity index (χ1n) is 13.5. The van der Waals surface area contributed by atoms with Crippen LogP contribution in [0.1, 0.15) is 11.1 Å². The van der Waals surface area contributed by atoms with Crippen LogP contribution in [0.25, 0.3) is 0 Å². The van der Waals surface area contributed by atoms with Gasteiger partial charge >= 0.3 is 0 Å². The van der Waals surface area contributed by atoms with Crippen molar-refractivity contribution < 1.29 is 22.7 Å². The molecule has 0 bridgehead atoms. The first-order valence-corrected chi connectivity index (χ1v) is 16.0. The van der Waals surface area contributed by atoms with Gasteiger partial charge in [-0.3, -0.25) is 13.9 Å². The predicted octanol–water partition coefficient (Wildman–Crippen LogP) is 6.24. The van der Waals surface area contributed by atoms with E-state index in [0.29, 0.717) is 16.3 Å². The Bertz CT molecular complexity index is 1720. The molecule has 4 rings (SSSR count). The molecule has 4 aromatic carbocycles. The van der Waals surface area contributed by atoms with Gasteiger partial charge in [-0.1, -0.05) is 89.4 Å². The minimum atomic E-state index is -4.27. The highest BCUT2D eigenvalue weighted by Crippen LogP contribution is 2.32. The number of likely N-dealkylation sites (N-methyl/N-ethyl adjacent to an activating group) is 1. The molecule has 1 N–H and O–H groups in total. The Labute approximate surface area is 272 Å². The van der Waals surface area contributed by atoms with Crippen molar-refractivity contribution in [2.45, 2.75) is 23.9 Å². The van der Waals surface area contributed by atoms with Crippen LogP contribution in [-0.2, 0) is 32.6 Å². The number of carbonyl (C=O) groups is 2. The van der Waals surface area contributed by atoms with Gasteiger partial charge < -0.3 is 15.0 Å². The van der Waals surface area contributed by atoms with Crippen LogP contribution in [0.5, 0.6) is 5.75 Å². The molecule has 1 atom stereocenters. The number of nitrogens with zero attached hydrogens (tertiary/aromatic N) is 2. The summed E-state index contributed by atoms with van der Waals surface area (Å²) in [4.78, 5) is 29.0. The van der Waals surface area contributed by atoms with E-state index in [9.17, 15) is 18.0 Å². The van der Waals surface area contributed by atoms with Crippen LogP contribution >= 0.6 is 34.8 Å². The number of ether oxygens (including phenoxy) is 1. The van der Waals surface area contributed by atoms with E-state index in [0.717, 1.165) is 9.87 Å². The van der Waals surface area contributed by atoms with Gasteiger partial charge in [-0.15, -0.1) is 0 Å². The van der Waals surface area contributed by atoms with Crippen molar-refractivity contribution in [2.24, 2.45) is 0 Å². The molecule has 230 valence electrons. The summed E-state index contributed by atoms with van der Waals surface area (Å²) >= 11 is 18.8. The van der Waals surface area contributed by atoms with E-state index in [2.05, 4.69) is 5.32 Å². The number of amides is 2. The van der Waals surface area contributed by atoms with Crippen molar-refractivity contribution in [1.29, 1.82) is 0 Å². The number of methoxy groups -OCH3 is 1. The Hall–Kier alpha value is -3.76. The molecule has 0 saturated heterocycles. The van der Waals surface area contributed by atoms with Gasteiger partial charge in [0.05, 0.1) is 32.8 Å². The third kappa shape index (κ3) is 7.84. The van der Waals surface area contributed by atoms with Crippen LogP contribution in [0.2, 0.25) is 15.1 Å². The van der Waals surface area contributed by atoms with Gasteiger partial charge in [-0.25, -0.2) is 8.42 Å². The molecule has 12 heteroatoms. The summed E-state index contributed by atoms with van der Waals surface area (Å²) < 4.78 is 34.2. The first kappa shape index (κ1) is 33.1. The second-order valence-electron chi connectivity index (χ2n) is 9.73. The topological polar surface area (TPSA) is 96.0 Å². The minimum absolute atomic E-state index is 0.0251. The van der Waals surface area contributed by atoms with Crippen LogP contribution in [0.15, 0.2) is 102 Å². The summed E-state index contributed by atoms with van der Waals surface area (Å²) in [5, 5.41) is 3.41. The third-order valence-electron chi connectivity index (χ3n) is 6.89. The highest BCUT2D eigenvalue weighted by molar-refractivity contribution is 7.92. The zero-order valence-corrected chi connectivity index (χ0v) is 27.0. The summed E-state index contributed by atoms with van der Waals surface area (Å²) in [5.41, 5.74) is 1.55. The average Bonchev–Trinajstić information content (AvgIpc) is 3.03. The molecule has 0 fully saturated rings. The molecule has 0 heterocycles. The molecule has 0 radical (unpaired) electrons. The number of hydrogen-bond acceptors (Lipinski definition) is 5. The van der Waals surface area contributed by atoms with E-state index in [-0.39, 0.29) is 33.6 Å². The van der Waals surface area contributed by atoms with E-state index < -0.39 is 34.4 Å². The van der Waals surface area contributed by atoms with E-state index in [1.807, 2.05) is 30.3 Å². The predicted molar refractivity (Wildman–Crippen MR) is 174 cm³/mol. The molecular weight excluding hydrogens is 645 g/mol. The van der Waals surface area contributed by atoms with Crippen LogP contribution in [-0.4, -0.2) is 51.9 Å². The Morgan fingerprint density at radius 3 is 2.07 bits per heavy atom. The molecular formula is C32H30Cl3N3O5S. The smallest absolute Gasteiger partial charge is 0.264 e. The van der Waals surface area contributed by atoms with Gasteiger partial charge in [0.1, 0.15) is 18.3 Å². The maximum Gasteiger partial charge on any atom is 0.264 e. The van der Waals surface area contributed by atoms with Crippen LogP contribution in [0.3, 0.4) is 0 Å². The fourth-order valence-corrected chi connectivity index (χ4v) is 6.61. The SMILES string of the molecule is CNC(=O)[C@H](Cc1ccccc1)N(Cc1ccc(Cl)c(Cl)c1)C(=O)CN(c1ccc(OC)c(Cl)c1)S(=O)(=O)c1ccccc1. The van der Waals surface area contributed by atoms with Gasteiger partial charge in [0.15, 0.2) is 0 Å². The normalized spacial score (nSPS) is 11.8. The fraction of sp³-hybridized carbons (Fsp3) is 0.188. The number of rotatable bonds is 12. The lowest BCUT2D eigenvalue weighted by atomic mass is 10.0. The monoisotopic (exact) mass is 673 g/mol. The Kier molecular flexibility index (Phi) is 11.2. The summed E-state index contributed by atoms with van der Waals surface area (Å²) in [7, 11) is -1.35. The third-order valence-corrected chi connectivity index (χ3v) is 9.71.